The molecule has 2 aromatic rings. The Morgan fingerprint density at radius 3 is 2.89 bits per heavy atom. The fraction of sp³-hybridized carbons (Fsp3) is 0.250. The smallest absolute Gasteiger partial charge is 0.277 e. The molecule has 2 heterocycles. The third-order valence-electron chi connectivity index (χ3n) is 2.65. The first-order chi connectivity index (χ1) is 9.33. The lowest BCUT2D eigenvalue weighted by Crippen LogP contribution is -2.12. The van der Waals surface area contributed by atoms with E-state index < -0.39 is 0 Å². The number of carbonyl (C=O) groups excluding carboxylic acids is 1. The molecule has 0 saturated carbocycles. The van der Waals surface area contributed by atoms with E-state index in [-0.39, 0.29) is 11.6 Å². The fourth-order valence-electron chi connectivity index (χ4n) is 1.75. The molecule has 1 aliphatic rings. The van der Waals surface area contributed by atoms with Gasteiger partial charge in [0.25, 0.3) is 5.91 Å². The third-order valence-corrected chi connectivity index (χ3v) is 2.65. The number of hydrogen-bond donors (Lipinski definition) is 2. The SMILES string of the molecule is O=C(Nc1ccc2c(c1)OCCCO2)c1cn[nH]n1. The van der Waals surface area contributed by atoms with Crippen LogP contribution < -0.4 is 14.8 Å². The molecule has 0 radical (unpaired) electrons. The lowest BCUT2D eigenvalue weighted by atomic mass is 10.2. The Morgan fingerprint density at radius 1 is 1.26 bits per heavy atom. The highest BCUT2D eigenvalue weighted by Crippen LogP contribution is 2.32. The molecule has 2 N–H and O–H groups in total. The molecule has 1 aliphatic heterocycles. The van der Waals surface area contributed by atoms with Crippen LogP contribution in [0, 0.1) is 0 Å². The van der Waals surface area contributed by atoms with Gasteiger partial charge in [-0.05, 0) is 12.1 Å². The van der Waals surface area contributed by atoms with E-state index in [0.29, 0.717) is 30.4 Å². The topological polar surface area (TPSA) is 89.1 Å². The van der Waals surface area contributed by atoms with Crippen LogP contribution in [-0.2, 0) is 0 Å². The van der Waals surface area contributed by atoms with Crippen molar-refractivity contribution >= 4 is 11.6 Å². The number of aromatic nitrogens is 3. The Morgan fingerprint density at radius 2 is 2.11 bits per heavy atom. The van der Waals surface area contributed by atoms with Crippen LogP contribution in [0.2, 0.25) is 0 Å². The van der Waals surface area contributed by atoms with Gasteiger partial charge in [0.05, 0.1) is 19.4 Å². The lowest BCUT2D eigenvalue weighted by Gasteiger charge is -2.09. The molecule has 0 fully saturated rings. The number of anilines is 1. The van der Waals surface area contributed by atoms with Crippen molar-refractivity contribution in [1.82, 2.24) is 15.4 Å². The summed E-state index contributed by atoms with van der Waals surface area (Å²) in [6.07, 6.45) is 2.20. The van der Waals surface area contributed by atoms with Gasteiger partial charge in [0.15, 0.2) is 17.2 Å². The summed E-state index contributed by atoms with van der Waals surface area (Å²) in [6, 6.07) is 5.27. The van der Waals surface area contributed by atoms with E-state index >= 15 is 0 Å². The highest BCUT2D eigenvalue weighted by atomic mass is 16.5. The molecule has 7 nitrogen and oxygen atoms in total. The Bertz CT molecular complexity index is 583. The quantitative estimate of drug-likeness (QED) is 0.847. The third kappa shape index (κ3) is 2.49. The van der Waals surface area contributed by atoms with Gasteiger partial charge in [-0.1, -0.05) is 0 Å². The van der Waals surface area contributed by atoms with Gasteiger partial charge < -0.3 is 14.8 Å². The second-order valence-electron chi connectivity index (χ2n) is 4.02. The molecule has 19 heavy (non-hydrogen) atoms. The normalized spacial score (nSPS) is 13.7. The largest absolute Gasteiger partial charge is 0.490 e. The van der Waals surface area contributed by atoms with Crippen molar-refractivity contribution in [2.45, 2.75) is 6.42 Å². The van der Waals surface area contributed by atoms with Crippen LogP contribution in [0.5, 0.6) is 11.5 Å². The zero-order chi connectivity index (χ0) is 13.1. The minimum Gasteiger partial charge on any atom is -0.490 e. The average molecular weight is 260 g/mol. The number of nitrogens with one attached hydrogen (secondary N) is 2. The van der Waals surface area contributed by atoms with E-state index in [1.807, 2.05) is 0 Å². The Kier molecular flexibility index (Phi) is 3.01. The van der Waals surface area contributed by atoms with Crippen LogP contribution >= 0.6 is 0 Å². The molecule has 7 heteroatoms. The predicted molar refractivity (Wildman–Crippen MR) is 66.4 cm³/mol. The standard InChI is InChI=1S/C12H12N4O3/c17-12(9-7-13-16-15-9)14-8-2-3-10-11(6-8)19-5-1-4-18-10/h2-3,6-7H,1,4-5H2,(H,14,17)(H,13,15,16). The summed E-state index contributed by atoms with van der Waals surface area (Å²) in [7, 11) is 0. The summed E-state index contributed by atoms with van der Waals surface area (Å²) in [4.78, 5) is 11.8. The van der Waals surface area contributed by atoms with E-state index in [0.717, 1.165) is 6.42 Å². The first-order valence-electron chi connectivity index (χ1n) is 5.90. The minimum absolute atomic E-state index is 0.229. The molecule has 0 atom stereocenters. The maximum absolute atomic E-state index is 11.8. The molecular weight excluding hydrogens is 248 g/mol. The van der Waals surface area contributed by atoms with E-state index in [4.69, 9.17) is 9.47 Å². The zero-order valence-corrected chi connectivity index (χ0v) is 10.0. The number of amides is 1. The van der Waals surface area contributed by atoms with Gasteiger partial charge in [-0.15, -0.1) is 0 Å². The van der Waals surface area contributed by atoms with E-state index in [9.17, 15) is 4.79 Å². The summed E-state index contributed by atoms with van der Waals surface area (Å²) in [5, 5.41) is 12.4. The number of aromatic amines is 1. The zero-order valence-electron chi connectivity index (χ0n) is 10.0. The molecule has 3 rings (SSSR count). The molecule has 0 bridgehead atoms. The summed E-state index contributed by atoms with van der Waals surface area (Å²) >= 11 is 0. The maximum atomic E-state index is 11.8. The molecule has 1 aromatic carbocycles. The summed E-state index contributed by atoms with van der Waals surface area (Å²) < 4.78 is 11.1. The van der Waals surface area contributed by atoms with Crippen molar-refractivity contribution in [3.05, 3.63) is 30.1 Å². The minimum atomic E-state index is -0.330. The van der Waals surface area contributed by atoms with E-state index in [2.05, 4.69) is 20.7 Å². The van der Waals surface area contributed by atoms with Crippen molar-refractivity contribution < 1.29 is 14.3 Å². The van der Waals surface area contributed by atoms with Crippen LogP contribution in [-0.4, -0.2) is 34.5 Å². The Labute approximate surface area is 108 Å². The van der Waals surface area contributed by atoms with Crippen molar-refractivity contribution in [1.29, 1.82) is 0 Å². The average Bonchev–Trinajstić information content (AvgIpc) is 2.85. The highest BCUT2D eigenvalue weighted by molar-refractivity contribution is 6.02. The van der Waals surface area contributed by atoms with E-state index in [1.165, 1.54) is 6.20 Å². The number of fused-ring (bicyclic) bond motifs is 1. The number of H-pyrrole nitrogens is 1. The lowest BCUT2D eigenvalue weighted by molar-refractivity contribution is 0.102. The molecule has 0 aliphatic carbocycles. The second kappa shape index (κ2) is 4.97. The maximum Gasteiger partial charge on any atom is 0.277 e. The second-order valence-corrected chi connectivity index (χ2v) is 4.02. The van der Waals surface area contributed by atoms with E-state index in [1.54, 1.807) is 18.2 Å². The Balaban J connectivity index is 1.78. The summed E-state index contributed by atoms with van der Waals surface area (Å²) in [5.41, 5.74) is 0.851. The van der Waals surface area contributed by atoms with Gasteiger partial charge in [-0.3, -0.25) is 4.79 Å². The molecule has 0 unspecified atom stereocenters. The van der Waals surface area contributed by atoms with Gasteiger partial charge in [0, 0.05) is 18.2 Å². The van der Waals surface area contributed by atoms with Gasteiger partial charge in [0.2, 0.25) is 0 Å². The van der Waals surface area contributed by atoms with Crippen molar-refractivity contribution in [2.75, 3.05) is 18.5 Å². The molecule has 0 saturated heterocycles. The molecular formula is C12H12N4O3. The number of hydrogen-bond acceptors (Lipinski definition) is 5. The molecule has 1 amide bonds. The van der Waals surface area contributed by atoms with Crippen LogP contribution in [0.25, 0.3) is 0 Å². The van der Waals surface area contributed by atoms with Crippen LogP contribution in [0.1, 0.15) is 16.9 Å². The summed E-state index contributed by atoms with van der Waals surface area (Å²) in [6.45, 7) is 1.24. The number of nitrogens with zero attached hydrogens (tertiary/aromatic N) is 2. The van der Waals surface area contributed by atoms with Gasteiger partial charge >= 0.3 is 0 Å². The van der Waals surface area contributed by atoms with Gasteiger partial charge in [0.1, 0.15) is 0 Å². The predicted octanol–water partition coefficient (Wildman–Crippen LogP) is 1.22. The van der Waals surface area contributed by atoms with Crippen molar-refractivity contribution in [3.63, 3.8) is 0 Å². The van der Waals surface area contributed by atoms with Gasteiger partial charge in [-0.2, -0.15) is 15.4 Å². The summed E-state index contributed by atoms with van der Waals surface area (Å²) in [5.74, 6) is 0.996. The molecule has 1 aromatic heterocycles. The number of ether oxygens (including phenoxy) is 2. The molecule has 98 valence electrons. The molecule has 0 spiro atoms. The van der Waals surface area contributed by atoms with Crippen molar-refractivity contribution in [3.8, 4) is 11.5 Å². The highest BCUT2D eigenvalue weighted by Gasteiger charge is 2.13. The monoisotopic (exact) mass is 260 g/mol. The first kappa shape index (κ1) is 11.5. The number of carbonyl (C=O) groups is 1. The number of benzene rings is 1. The van der Waals surface area contributed by atoms with Crippen LogP contribution in [0.3, 0.4) is 0 Å². The number of rotatable bonds is 2. The van der Waals surface area contributed by atoms with Crippen molar-refractivity contribution in [2.24, 2.45) is 0 Å². The Hall–Kier alpha value is -2.57. The first-order valence-corrected chi connectivity index (χ1v) is 5.90. The van der Waals surface area contributed by atoms with Crippen LogP contribution in [0.4, 0.5) is 5.69 Å². The van der Waals surface area contributed by atoms with Crippen LogP contribution in [0.15, 0.2) is 24.4 Å². The van der Waals surface area contributed by atoms with Gasteiger partial charge in [-0.25, -0.2) is 0 Å². The fourth-order valence-corrected chi connectivity index (χ4v) is 1.75.